The minimum Gasteiger partial charge on any atom is -0.496 e. The molecule has 0 aromatic heterocycles. The average Bonchev–Trinajstić information content (AvgIpc) is 2.72. The van der Waals surface area contributed by atoms with Gasteiger partial charge in [-0.05, 0) is 31.4 Å². The van der Waals surface area contributed by atoms with Crippen LogP contribution >= 0.6 is 0 Å². The van der Waals surface area contributed by atoms with Gasteiger partial charge in [-0.1, -0.05) is 0 Å². The van der Waals surface area contributed by atoms with Crippen molar-refractivity contribution in [3.63, 3.8) is 0 Å². The van der Waals surface area contributed by atoms with E-state index in [2.05, 4.69) is 0 Å². The standard InChI is InChI=1S/C13H18O3/c1-9-8-12-10(5-7-16-12)11(4-3-6-14)13(9)15-2/h8,14H,3-7H2,1-2H3. The molecule has 16 heavy (non-hydrogen) atoms. The molecule has 88 valence electrons. The van der Waals surface area contributed by atoms with Crippen molar-refractivity contribution in [2.24, 2.45) is 0 Å². The maximum absolute atomic E-state index is 8.94. The molecule has 0 aliphatic carbocycles. The summed E-state index contributed by atoms with van der Waals surface area (Å²) in [6.07, 6.45) is 2.58. The molecule has 1 aliphatic rings. The van der Waals surface area contributed by atoms with Crippen molar-refractivity contribution in [1.29, 1.82) is 0 Å². The molecular weight excluding hydrogens is 204 g/mol. The summed E-state index contributed by atoms with van der Waals surface area (Å²) in [7, 11) is 1.70. The molecular formula is C13H18O3. The van der Waals surface area contributed by atoms with Crippen LogP contribution in [0.4, 0.5) is 0 Å². The molecule has 0 fully saturated rings. The van der Waals surface area contributed by atoms with E-state index in [4.69, 9.17) is 14.6 Å². The Bertz CT molecular complexity index is 382. The highest BCUT2D eigenvalue weighted by Gasteiger charge is 2.21. The number of hydrogen-bond acceptors (Lipinski definition) is 3. The highest BCUT2D eigenvalue weighted by Crippen LogP contribution is 2.37. The number of benzene rings is 1. The Kier molecular flexibility index (Phi) is 3.34. The molecule has 0 bridgehead atoms. The molecule has 0 spiro atoms. The highest BCUT2D eigenvalue weighted by atomic mass is 16.5. The van der Waals surface area contributed by atoms with Crippen LogP contribution in [0.5, 0.6) is 11.5 Å². The Morgan fingerprint density at radius 3 is 3.00 bits per heavy atom. The predicted molar refractivity (Wildman–Crippen MR) is 62.3 cm³/mol. The van der Waals surface area contributed by atoms with Crippen LogP contribution in [0, 0.1) is 6.92 Å². The van der Waals surface area contributed by atoms with E-state index in [0.717, 1.165) is 42.9 Å². The summed E-state index contributed by atoms with van der Waals surface area (Å²) in [6.45, 7) is 3.00. The van der Waals surface area contributed by atoms with Crippen molar-refractivity contribution in [2.45, 2.75) is 26.2 Å². The second-order valence-electron chi connectivity index (χ2n) is 4.11. The van der Waals surface area contributed by atoms with Crippen molar-refractivity contribution in [3.8, 4) is 11.5 Å². The first-order chi connectivity index (χ1) is 7.77. The Labute approximate surface area is 96.0 Å². The fourth-order valence-electron chi connectivity index (χ4n) is 2.34. The molecule has 0 saturated heterocycles. The predicted octanol–water partition coefficient (Wildman–Crippen LogP) is 1.86. The summed E-state index contributed by atoms with van der Waals surface area (Å²) in [5.74, 6) is 1.95. The third-order valence-corrected chi connectivity index (χ3v) is 3.04. The molecule has 2 rings (SSSR count). The molecule has 1 aromatic carbocycles. The van der Waals surface area contributed by atoms with Gasteiger partial charge in [0.2, 0.25) is 0 Å². The van der Waals surface area contributed by atoms with Crippen LogP contribution in [0.2, 0.25) is 0 Å². The number of ether oxygens (including phenoxy) is 2. The lowest BCUT2D eigenvalue weighted by Crippen LogP contribution is -2.00. The van der Waals surface area contributed by atoms with Crippen molar-refractivity contribution < 1.29 is 14.6 Å². The Morgan fingerprint density at radius 2 is 2.31 bits per heavy atom. The minimum absolute atomic E-state index is 0.215. The number of aryl methyl sites for hydroxylation is 1. The van der Waals surface area contributed by atoms with Crippen LogP contribution in [0.3, 0.4) is 0 Å². The third kappa shape index (κ3) is 1.87. The zero-order chi connectivity index (χ0) is 11.5. The Morgan fingerprint density at radius 1 is 1.50 bits per heavy atom. The first-order valence-corrected chi connectivity index (χ1v) is 5.71. The maximum Gasteiger partial charge on any atom is 0.125 e. The number of fused-ring (bicyclic) bond motifs is 1. The second-order valence-corrected chi connectivity index (χ2v) is 4.11. The van der Waals surface area contributed by atoms with Gasteiger partial charge in [-0.3, -0.25) is 0 Å². The number of aliphatic hydroxyl groups excluding tert-OH is 1. The lowest BCUT2D eigenvalue weighted by atomic mass is 9.97. The second kappa shape index (κ2) is 4.74. The summed E-state index contributed by atoms with van der Waals surface area (Å²) in [5, 5.41) is 8.94. The maximum atomic E-state index is 8.94. The SMILES string of the molecule is COc1c(C)cc2c(c1CCCO)CCO2. The Balaban J connectivity index is 2.44. The average molecular weight is 222 g/mol. The first kappa shape index (κ1) is 11.3. The van der Waals surface area contributed by atoms with E-state index in [0.29, 0.717) is 0 Å². The fourth-order valence-corrected chi connectivity index (χ4v) is 2.34. The van der Waals surface area contributed by atoms with E-state index in [1.165, 1.54) is 11.1 Å². The number of hydrogen-bond donors (Lipinski definition) is 1. The summed E-state index contributed by atoms with van der Waals surface area (Å²) in [5.41, 5.74) is 3.58. The lowest BCUT2D eigenvalue weighted by Gasteiger charge is -2.15. The van der Waals surface area contributed by atoms with Gasteiger partial charge in [0.05, 0.1) is 13.7 Å². The van der Waals surface area contributed by atoms with Crippen LogP contribution in [-0.4, -0.2) is 25.4 Å². The summed E-state index contributed by atoms with van der Waals surface area (Å²) in [4.78, 5) is 0. The third-order valence-electron chi connectivity index (χ3n) is 3.04. The summed E-state index contributed by atoms with van der Waals surface area (Å²) >= 11 is 0. The van der Waals surface area contributed by atoms with E-state index in [9.17, 15) is 0 Å². The van der Waals surface area contributed by atoms with E-state index >= 15 is 0 Å². The number of methoxy groups -OCH3 is 1. The monoisotopic (exact) mass is 222 g/mol. The molecule has 0 radical (unpaired) electrons. The van der Waals surface area contributed by atoms with Gasteiger partial charge < -0.3 is 14.6 Å². The molecule has 0 amide bonds. The zero-order valence-corrected chi connectivity index (χ0v) is 9.88. The van der Waals surface area contributed by atoms with Gasteiger partial charge >= 0.3 is 0 Å². The molecule has 1 heterocycles. The number of aliphatic hydroxyl groups is 1. The molecule has 1 aromatic rings. The fraction of sp³-hybridized carbons (Fsp3) is 0.538. The van der Waals surface area contributed by atoms with Crippen LogP contribution in [0.15, 0.2) is 6.07 Å². The van der Waals surface area contributed by atoms with Crippen molar-refractivity contribution in [3.05, 3.63) is 22.8 Å². The quantitative estimate of drug-likeness (QED) is 0.845. The van der Waals surface area contributed by atoms with Crippen molar-refractivity contribution >= 4 is 0 Å². The molecule has 0 saturated carbocycles. The van der Waals surface area contributed by atoms with E-state index < -0.39 is 0 Å². The van der Waals surface area contributed by atoms with Crippen molar-refractivity contribution in [1.82, 2.24) is 0 Å². The molecule has 0 unspecified atom stereocenters. The topological polar surface area (TPSA) is 38.7 Å². The molecule has 3 nitrogen and oxygen atoms in total. The van der Waals surface area contributed by atoms with Crippen molar-refractivity contribution in [2.75, 3.05) is 20.3 Å². The molecule has 0 atom stereocenters. The molecule has 1 N–H and O–H groups in total. The van der Waals surface area contributed by atoms with Gasteiger partial charge in [0.1, 0.15) is 11.5 Å². The van der Waals surface area contributed by atoms with Crippen LogP contribution < -0.4 is 9.47 Å². The van der Waals surface area contributed by atoms with Crippen LogP contribution in [0.25, 0.3) is 0 Å². The van der Waals surface area contributed by atoms with Crippen LogP contribution in [-0.2, 0) is 12.8 Å². The zero-order valence-electron chi connectivity index (χ0n) is 9.88. The molecule has 3 heteroatoms. The summed E-state index contributed by atoms with van der Waals surface area (Å²) < 4.78 is 11.0. The largest absolute Gasteiger partial charge is 0.496 e. The van der Waals surface area contributed by atoms with Gasteiger partial charge in [-0.2, -0.15) is 0 Å². The van der Waals surface area contributed by atoms with Gasteiger partial charge in [0, 0.05) is 24.2 Å². The van der Waals surface area contributed by atoms with Gasteiger partial charge in [-0.25, -0.2) is 0 Å². The van der Waals surface area contributed by atoms with E-state index in [1.807, 2.05) is 13.0 Å². The van der Waals surface area contributed by atoms with Gasteiger partial charge in [-0.15, -0.1) is 0 Å². The Hall–Kier alpha value is -1.22. The normalized spacial score (nSPS) is 13.4. The van der Waals surface area contributed by atoms with E-state index in [-0.39, 0.29) is 6.61 Å². The van der Waals surface area contributed by atoms with Gasteiger partial charge in [0.25, 0.3) is 0 Å². The highest BCUT2D eigenvalue weighted by molar-refractivity contribution is 5.54. The number of rotatable bonds is 4. The lowest BCUT2D eigenvalue weighted by molar-refractivity contribution is 0.287. The van der Waals surface area contributed by atoms with Gasteiger partial charge in [0.15, 0.2) is 0 Å². The smallest absolute Gasteiger partial charge is 0.125 e. The first-order valence-electron chi connectivity index (χ1n) is 5.71. The molecule has 1 aliphatic heterocycles. The minimum atomic E-state index is 0.215. The van der Waals surface area contributed by atoms with Crippen LogP contribution in [0.1, 0.15) is 23.1 Å². The summed E-state index contributed by atoms with van der Waals surface area (Å²) in [6, 6.07) is 2.05. The van der Waals surface area contributed by atoms with E-state index in [1.54, 1.807) is 7.11 Å².